The largest absolute Gasteiger partial charge is 0.496 e. The van der Waals surface area contributed by atoms with E-state index in [4.69, 9.17) is 14.2 Å². The van der Waals surface area contributed by atoms with Crippen LogP contribution in [0.3, 0.4) is 0 Å². The molecule has 1 aromatic carbocycles. The normalized spacial score (nSPS) is 21.3. The first-order valence-corrected chi connectivity index (χ1v) is 9.04. The summed E-state index contributed by atoms with van der Waals surface area (Å²) in [6.45, 7) is 7.61. The van der Waals surface area contributed by atoms with Gasteiger partial charge in [0.2, 0.25) is 10.0 Å². The minimum absolute atomic E-state index is 0.198. The van der Waals surface area contributed by atoms with Crippen LogP contribution in [-0.2, 0) is 19.5 Å². The Kier molecular flexibility index (Phi) is 5.35. The van der Waals surface area contributed by atoms with Crippen molar-refractivity contribution in [1.29, 1.82) is 0 Å². The Hall–Kier alpha value is -1.15. The van der Waals surface area contributed by atoms with E-state index in [0.717, 1.165) is 11.1 Å². The monoisotopic (exact) mass is 343 g/mol. The molecule has 0 spiro atoms. The van der Waals surface area contributed by atoms with Crippen molar-refractivity contribution >= 4 is 10.0 Å². The van der Waals surface area contributed by atoms with Gasteiger partial charge in [-0.25, -0.2) is 12.7 Å². The molecule has 1 aliphatic heterocycles. The number of sulfonamides is 1. The van der Waals surface area contributed by atoms with Crippen LogP contribution in [0.2, 0.25) is 0 Å². The summed E-state index contributed by atoms with van der Waals surface area (Å²) >= 11 is 0. The van der Waals surface area contributed by atoms with Crippen molar-refractivity contribution in [2.24, 2.45) is 0 Å². The van der Waals surface area contributed by atoms with E-state index in [0.29, 0.717) is 29.2 Å². The fourth-order valence-electron chi connectivity index (χ4n) is 2.77. The van der Waals surface area contributed by atoms with Gasteiger partial charge in [0.05, 0.1) is 12.0 Å². The molecule has 1 saturated heterocycles. The van der Waals surface area contributed by atoms with Gasteiger partial charge in [0.15, 0.2) is 12.6 Å². The molecule has 1 fully saturated rings. The highest BCUT2D eigenvalue weighted by molar-refractivity contribution is 7.89. The number of hydrogen-bond donors (Lipinski definition) is 0. The van der Waals surface area contributed by atoms with Crippen LogP contribution in [0, 0.1) is 20.8 Å². The summed E-state index contributed by atoms with van der Waals surface area (Å²) in [7, 11) is -0.411. The van der Waals surface area contributed by atoms with E-state index in [1.165, 1.54) is 4.31 Å². The zero-order chi connectivity index (χ0) is 17.4. The molecule has 0 bridgehead atoms. The summed E-state index contributed by atoms with van der Waals surface area (Å²) in [6.07, 6.45) is -0.00842. The van der Waals surface area contributed by atoms with Gasteiger partial charge in [-0.15, -0.1) is 0 Å². The van der Waals surface area contributed by atoms with Crippen molar-refractivity contribution in [3.05, 3.63) is 22.8 Å². The Morgan fingerprint density at radius 1 is 1.22 bits per heavy atom. The van der Waals surface area contributed by atoms with Crippen molar-refractivity contribution in [2.75, 3.05) is 20.7 Å². The minimum atomic E-state index is -3.57. The highest BCUT2D eigenvalue weighted by Crippen LogP contribution is 2.32. The number of rotatable bonds is 6. The first-order chi connectivity index (χ1) is 10.7. The Balaban J connectivity index is 2.23. The molecule has 0 N–H and O–H groups in total. The van der Waals surface area contributed by atoms with E-state index in [-0.39, 0.29) is 12.6 Å². The lowest BCUT2D eigenvalue weighted by Gasteiger charge is -2.34. The van der Waals surface area contributed by atoms with Gasteiger partial charge in [-0.1, -0.05) is 0 Å². The molecule has 0 saturated carbocycles. The maximum absolute atomic E-state index is 12.9. The van der Waals surface area contributed by atoms with Crippen LogP contribution in [0.25, 0.3) is 0 Å². The molecule has 0 aromatic heterocycles. The van der Waals surface area contributed by atoms with Crippen LogP contribution in [0.15, 0.2) is 11.0 Å². The molecule has 7 heteroatoms. The summed E-state index contributed by atoms with van der Waals surface area (Å²) in [5.74, 6) is 0.701. The topological polar surface area (TPSA) is 65.1 Å². The van der Waals surface area contributed by atoms with Gasteiger partial charge < -0.3 is 14.2 Å². The molecule has 0 atom stereocenters. The molecule has 0 aliphatic carbocycles. The van der Waals surface area contributed by atoms with Crippen molar-refractivity contribution in [3.63, 3.8) is 0 Å². The lowest BCUT2D eigenvalue weighted by Crippen LogP contribution is -2.41. The minimum Gasteiger partial charge on any atom is -0.496 e. The molecule has 1 aliphatic rings. The summed E-state index contributed by atoms with van der Waals surface area (Å²) in [4.78, 5) is 0.349. The third-order valence-corrected chi connectivity index (χ3v) is 6.38. The summed E-state index contributed by atoms with van der Waals surface area (Å²) in [5.41, 5.74) is 2.24. The molecule has 0 amide bonds. The van der Waals surface area contributed by atoms with E-state index in [9.17, 15) is 8.42 Å². The number of aryl methyl sites for hydroxylation is 1. The predicted octanol–water partition coefficient (Wildman–Crippen LogP) is 2.35. The Bertz CT molecular complexity index is 680. The lowest BCUT2D eigenvalue weighted by molar-refractivity contribution is -0.377. The fourth-order valence-corrected chi connectivity index (χ4v) is 4.43. The van der Waals surface area contributed by atoms with E-state index in [2.05, 4.69) is 0 Å². The van der Waals surface area contributed by atoms with E-state index in [1.54, 1.807) is 27.1 Å². The van der Waals surface area contributed by atoms with Crippen molar-refractivity contribution in [2.45, 2.75) is 51.6 Å². The smallest absolute Gasteiger partial charge is 0.243 e. The second kappa shape index (κ2) is 6.76. The van der Waals surface area contributed by atoms with Crippen LogP contribution in [0.4, 0.5) is 0 Å². The highest BCUT2D eigenvalue weighted by Gasteiger charge is 2.30. The fraction of sp³-hybridized carbons (Fsp3) is 0.625. The predicted molar refractivity (Wildman–Crippen MR) is 87.1 cm³/mol. The number of hydrogen-bond acceptors (Lipinski definition) is 5. The standard InChI is InChI=1S/C16H25NO5S/c1-10-9-14(20-6)11(2)12(3)16(10)23(18,19)17(5)8-7-15-21-13(4)22-15/h9,13,15H,7-8H2,1-6H3. The second-order valence-electron chi connectivity index (χ2n) is 5.86. The van der Waals surface area contributed by atoms with Crippen molar-refractivity contribution in [3.8, 4) is 5.75 Å². The maximum atomic E-state index is 12.9. The van der Waals surface area contributed by atoms with Gasteiger partial charge in [-0.05, 0) is 50.5 Å². The van der Waals surface area contributed by atoms with E-state index < -0.39 is 10.0 Å². The van der Waals surface area contributed by atoms with Crippen LogP contribution in [0.5, 0.6) is 5.75 Å². The number of nitrogens with zero attached hydrogens (tertiary/aromatic N) is 1. The van der Waals surface area contributed by atoms with Gasteiger partial charge in [0, 0.05) is 20.0 Å². The van der Waals surface area contributed by atoms with Crippen LogP contribution in [0.1, 0.15) is 30.0 Å². The Morgan fingerprint density at radius 2 is 1.83 bits per heavy atom. The first kappa shape index (κ1) is 18.2. The molecular formula is C16H25NO5S. The van der Waals surface area contributed by atoms with E-state index in [1.807, 2.05) is 20.8 Å². The summed E-state index contributed by atoms with van der Waals surface area (Å²) in [6, 6.07) is 1.77. The molecule has 2 rings (SSSR count). The van der Waals surface area contributed by atoms with Crippen molar-refractivity contribution < 1.29 is 22.6 Å². The molecule has 0 radical (unpaired) electrons. The molecule has 1 heterocycles. The van der Waals surface area contributed by atoms with Crippen molar-refractivity contribution in [1.82, 2.24) is 4.31 Å². The van der Waals surface area contributed by atoms with Gasteiger partial charge in [-0.2, -0.15) is 0 Å². The average Bonchev–Trinajstić information content (AvgIpc) is 2.45. The molecule has 130 valence electrons. The average molecular weight is 343 g/mol. The van der Waals surface area contributed by atoms with Crippen LogP contribution >= 0.6 is 0 Å². The number of benzene rings is 1. The highest BCUT2D eigenvalue weighted by atomic mass is 32.2. The Morgan fingerprint density at radius 3 is 2.35 bits per heavy atom. The van der Waals surface area contributed by atoms with Gasteiger partial charge in [0.25, 0.3) is 0 Å². The van der Waals surface area contributed by atoms with Crippen LogP contribution in [-0.4, -0.2) is 46.0 Å². The third kappa shape index (κ3) is 3.52. The van der Waals surface area contributed by atoms with E-state index >= 15 is 0 Å². The zero-order valence-corrected chi connectivity index (χ0v) is 15.4. The lowest BCUT2D eigenvalue weighted by atomic mass is 10.1. The number of methoxy groups -OCH3 is 1. The quantitative estimate of drug-likeness (QED) is 0.793. The molecular weight excluding hydrogens is 318 g/mol. The SMILES string of the molecule is COc1cc(C)c(S(=O)(=O)N(C)CCC2OC(C)O2)c(C)c1C. The summed E-state index contributed by atoms with van der Waals surface area (Å²) < 4.78 is 43.2. The molecule has 0 unspecified atom stereocenters. The molecule has 23 heavy (non-hydrogen) atoms. The summed E-state index contributed by atoms with van der Waals surface area (Å²) in [5, 5.41) is 0. The third-order valence-electron chi connectivity index (χ3n) is 4.23. The number of ether oxygens (including phenoxy) is 3. The zero-order valence-electron chi connectivity index (χ0n) is 14.5. The maximum Gasteiger partial charge on any atom is 0.243 e. The molecule has 1 aromatic rings. The second-order valence-corrected chi connectivity index (χ2v) is 7.84. The first-order valence-electron chi connectivity index (χ1n) is 7.60. The Labute approximate surface area is 138 Å². The van der Waals surface area contributed by atoms with Crippen LogP contribution < -0.4 is 4.74 Å². The van der Waals surface area contributed by atoms with Gasteiger partial charge in [0.1, 0.15) is 5.75 Å². The van der Waals surface area contributed by atoms with Gasteiger partial charge >= 0.3 is 0 Å². The van der Waals surface area contributed by atoms with Gasteiger partial charge in [-0.3, -0.25) is 0 Å². The molecule has 6 nitrogen and oxygen atoms in total.